The quantitative estimate of drug-likeness (QED) is 0.0264. The van der Waals surface area contributed by atoms with Gasteiger partial charge in [-0.2, -0.15) is 0 Å². The number of carbonyl (C=O) groups is 3. The Balaban J connectivity index is 4.39. The molecule has 6 nitrogen and oxygen atoms in total. The van der Waals surface area contributed by atoms with Crippen molar-refractivity contribution in [3.05, 3.63) is 48.6 Å². The van der Waals surface area contributed by atoms with Gasteiger partial charge in [-0.15, -0.1) is 0 Å². The van der Waals surface area contributed by atoms with E-state index < -0.39 is 6.10 Å². The van der Waals surface area contributed by atoms with Crippen molar-refractivity contribution in [2.75, 3.05) is 13.2 Å². The summed E-state index contributed by atoms with van der Waals surface area (Å²) in [7, 11) is 0. The fourth-order valence-corrected chi connectivity index (χ4v) is 6.78. The highest BCUT2D eigenvalue weighted by atomic mass is 16.6. The summed E-state index contributed by atoms with van der Waals surface area (Å²) in [6.45, 7) is 6.54. The van der Waals surface area contributed by atoms with Crippen LogP contribution in [-0.4, -0.2) is 37.2 Å². The van der Waals surface area contributed by atoms with E-state index in [0.717, 1.165) is 89.9 Å². The molecule has 0 spiro atoms. The second-order valence-corrected chi connectivity index (χ2v) is 16.4. The second kappa shape index (κ2) is 47.1. The van der Waals surface area contributed by atoms with Crippen LogP contribution in [0.2, 0.25) is 0 Å². The highest BCUT2D eigenvalue weighted by molar-refractivity contribution is 5.71. The van der Waals surface area contributed by atoms with Crippen LogP contribution < -0.4 is 0 Å². The molecule has 0 aliphatic rings. The lowest BCUT2D eigenvalue weighted by Crippen LogP contribution is -2.30. The lowest BCUT2D eigenvalue weighted by Gasteiger charge is -2.18. The number of hydrogen-bond acceptors (Lipinski definition) is 6. The van der Waals surface area contributed by atoms with Gasteiger partial charge in [-0.25, -0.2) is 0 Å². The van der Waals surface area contributed by atoms with Crippen LogP contribution >= 0.6 is 0 Å². The average Bonchev–Trinajstić information content (AvgIpc) is 3.22. The van der Waals surface area contributed by atoms with Crippen LogP contribution in [0.4, 0.5) is 0 Å². The van der Waals surface area contributed by atoms with E-state index in [2.05, 4.69) is 69.4 Å². The Labute approximate surface area is 358 Å². The van der Waals surface area contributed by atoms with E-state index in [1.807, 2.05) is 0 Å². The zero-order valence-electron chi connectivity index (χ0n) is 38.3. The van der Waals surface area contributed by atoms with E-state index in [4.69, 9.17) is 14.2 Å². The molecule has 0 saturated heterocycles. The monoisotopic (exact) mass is 813 g/mol. The van der Waals surface area contributed by atoms with Crippen LogP contribution in [0.1, 0.15) is 245 Å². The number of rotatable bonds is 44. The molecular weight excluding hydrogens is 721 g/mol. The largest absolute Gasteiger partial charge is 0.462 e. The van der Waals surface area contributed by atoms with Crippen molar-refractivity contribution in [3.63, 3.8) is 0 Å². The van der Waals surface area contributed by atoms with Gasteiger partial charge in [0.05, 0.1) is 0 Å². The SMILES string of the molecule is CCCC/C=C\CCCCCCCC(=O)OC[C@H](COC(=O)CCCCCC/C=C\C/C=C\C/C=C\CCCCC)OC(=O)CCCCCCCCCCCCCC. The van der Waals surface area contributed by atoms with Crippen molar-refractivity contribution in [1.29, 1.82) is 0 Å². The molecular formula is C52H92O6. The van der Waals surface area contributed by atoms with E-state index >= 15 is 0 Å². The maximum atomic E-state index is 12.7. The Morgan fingerprint density at radius 1 is 0.345 bits per heavy atom. The Kier molecular flexibility index (Phi) is 44.9. The molecule has 0 fully saturated rings. The number of ether oxygens (including phenoxy) is 3. The smallest absolute Gasteiger partial charge is 0.306 e. The van der Waals surface area contributed by atoms with Gasteiger partial charge in [0.25, 0.3) is 0 Å². The van der Waals surface area contributed by atoms with Crippen molar-refractivity contribution in [2.24, 2.45) is 0 Å². The molecule has 0 heterocycles. The average molecular weight is 813 g/mol. The third kappa shape index (κ3) is 44.5. The zero-order chi connectivity index (χ0) is 42.3. The van der Waals surface area contributed by atoms with Crippen LogP contribution in [0, 0.1) is 0 Å². The Morgan fingerprint density at radius 3 is 1.07 bits per heavy atom. The van der Waals surface area contributed by atoms with E-state index in [0.29, 0.717) is 19.3 Å². The molecule has 0 aromatic carbocycles. The molecule has 0 aliphatic carbocycles. The minimum absolute atomic E-state index is 0.0832. The molecule has 0 aromatic rings. The maximum absolute atomic E-state index is 12.7. The normalized spacial score (nSPS) is 12.4. The van der Waals surface area contributed by atoms with Gasteiger partial charge < -0.3 is 14.2 Å². The molecule has 6 heteroatoms. The third-order valence-corrected chi connectivity index (χ3v) is 10.6. The number of allylic oxidation sites excluding steroid dienone is 8. The molecule has 1 atom stereocenters. The summed E-state index contributed by atoms with van der Waals surface area (Å²) in [5, 5.41) is 0. The molecule has 58 heavy (non-hydrogen) atoms. The van der Waals surface area contributed by atoms with Crippen LogP contribution in [0.25, 0.3) is 0 Å². The molecule has 0 aromatic heterocycles. The first-order valence-electron chi connectivity index (χ1n) is 24.6. The first-order chi connectivity index (χ1) is 28.5. The van der Waals surface area contributed by atoms with Crippen molar-refractivity contribution in [1.82, 2.24) is 0 Å². The maximum Gasteiger partial charge on any atom is 0.306 e. The van der Waals surface area contributed by atoms with Crippen LogP contribution in [-0.2, 0) is 28.6 Å². The van der Waals surface area contributed by atoms with Crippen molar-refractivity contribution in [2.45, 2.75) is 252 Å². The molecule has 0 bridgehead atoms. The second-order valence-electron chi connectivity index (χ2n) is 16.4. The first-order valence-corrected chi connectivity index (χ1v) is 24.6. The van der Waals surface area contributed by atoms with E-state index in [-0.39, 0.29) is 31.1 Å². The number of esters is 3. The summed E-state index contributed by atoms with van der Waals surface area (Å²) in [5.41, 5.74) is 0. The minimum Gasteiger partial charge on any atom is -0.462 e. The first kappa shape index (κ1) is 55.4. The number of unbranched alkanes of at least 4 members (excludes halogenated alkanes) is 25. The van der Waals surface area contributed by atoms with Gasteiger partial charge in [0.1, 0.15) is 13.2 Å². The fourth-order valence-electron chi connectivity index (χ4n) is 6.78. The molecule has 0 amide bonds. The van der Waals surface area contributed by atoms with Gasteiger partial charge in [-0.3, -0.25) is 14.4 Å². The number of hydrogen-bond donors (Lipinski definition) is 0. The number of carbonyl (C=O) groups excluding carboxylic acids is 3. The summed E-state index contributed by atoms with van der Waals surface area (Å²) in [6.07, 6.45) is 55.2. The molecule has 336 valence electrons. The Bertz CT molecular complexity index is 1030. The molecule has 0 aliphatic heterocycles. The standard InChI is InChI=1S/C52H92O6/c1-4-7-10-13-16-19-22-24-25-26-27-28-31-33-36-39-42-45-51(54)57-48-49(47-56-50(53)44-41-38-35-32-29-21-18-15-12-9-6-3)58-52(55)46-43-40-37-34-30-23-20-17-14-11-8-5-2/h15-16,18-19,24-25,27-28,49H,4-14,17,20-23,26,29-48H2,1-3H3/b18-15-,19-16-,25-24-,28-27-/t49-/m1/s1. The Morgan fingerprint density at radius 2 is 0.638 bits per heavy atom. The molecule has 0 radical (unpaired) electrons. The van der Waals surface area contributed by atoms with Crippen LogP contribution in [0.5, 0.6) is 0 Å². The minimum atomic E-state index is -0.781. The molecule has 0 unspecified atom stereocenters. The van der Waals surface area contributed by atoms with Gasteiger partial charge >= 0.3 is 17.9 Å². The fraction of sp³-hybridized carbons (Fsp3) is 0.788. The highest BCUT2D eigenvalue weighted by Gasteiger charge is 2.19. The van der Waals surface area contributed by atoms with Crippen molar-refractivity contribution >= 4 is 17.9 Å². The molecule has 0 N–H and O–H groups in total. The molecule has 0 saturated carbocycles. The summed E-state index contributed by atoms with van der Waals surface area (Å²) < 4.78 is 16.7. The summed E-state index contributed by atoms with van der Waals surface area (Å²) in [5.74, 6) is -0.911. The zero-order valence-corrected chi connectivity index (χ0v) is 38.3. The van der Waals surface area contributed by atoms with Gasteiger partial charge in [-0.05, 0) is 77.0 Å². The topological polar surface area (TPSA) is 78.9 Å². The van der Waals surface area contributed by atoms with Crippen LogP contribution in [0.3, 0.4) is 0 Å². The third-order valence-electron chi connectivity index (χ3n) is 10.6. The lowest BCUT2D eigenvalue weighted by molar-refractivity contribution is -0.167. The van der Waals surface area contributed by atoms with E-state index in [1.54, 1.807) is 0 Å². The van der Waals surface area contributed by atoms with E-state index in [1.165, 1.54) is 116 Å². The Hall–Kier alpha value is -2.63. The van der Waals surface area contributed by atoms with Crippen molar-refractivity contribution < 1.29 is 28.6 Å². The predicted octanol–water partition coefficient (Wildman–Crippen LogP) is 15.9. The van der Waals surface area contributed by atoms with Crippen LogP contribution in [0.15, 0.2) is 48.6 Å². The van der Waals surface area contributed by atoms with Gasteiger partial charge in [0.2, 0.25) is 0 Å². The summed E-state index contributed by atoms with van der Waals surface area (Å²) in [4.78, 5) is 37.8. The van der Waals surface area contributed by atoms with Gasteiger partial charge in [0, 0.05) is 19.3 Å². The van der Waals surface area contributed by atoms with Gasteiger partial charge in [0.15, 0.2) is 6.10 Å². The van der Waals surface area contributed by atoms with Gasteiger partial charge in [-0.1, -0.05) is 198 Å². The molecule has 0 rings (SSSR count). The summed E-state index contributed by atoms with van der Waals surface area (Å²) >= 11 is 0. The highest BCUT2D eigenvalue weighted by Crippen LogP contribution is 2.14. The lowest BCUT2D eigenvalue weighted by atomic mass is 10.0. The van der Waals surface area contributed by atoms with Crippen molar-refractivity contribution in [3.8, 4) is 0 Å². The van der Waals surface area contributed by atoms with E-state index in [9.17, 15) is 14.4 Å². The predicted molar refractivity (Wildman–Crippen MR) is 247 cm³/mol. The summed E-state index contributed by atoms with van der Waals surface area (Å²) in [6, 6.07) is 0.